The van der Waals surface area contributed by atoms with Crippen LogP contribution >= 0.6 is 0 Å². The first-order chi connectivity index (χ1) is 12.4. The van der Waals surface area contributed by atoms with Crippen molar-refractivity contribution in [3.8, 4) is 0 Å². The molecule has 2 N–H and O–H groups in total. The second kappa shape index (κ2) is 6.92. The number of benzene rings is 1. The molecule has 3 aliphatic rings. The second-order valence-electron chi connectivity index (χ2n) is 7.52. The average Bonchev–Trinajstić information content (AvgIpc) is 3.24. The van der Waals surface area contributed by atoms with Crippen LogP contribution in [-0.2, 0) is 32.8 Å². The van der Waals surface area contributed by atoms with Gasteiger partial charge in [0, 0.05) is 25.2 Å². The van der Waals surface area contributed by atoms with Crippen LogP contribution in [0.25, 0.3) is 0 Å². The third-order valence-electron chi connectivity index (χ3n) is 5.81. The minimum atomic E-state index is -3.72. The Morgan fingerprint density at radius 1 is 1.23 bits per heavy atom. The molecule has 8 heteroatoms. The van der Waals surface area contributed by atoms with E-state index in [1.165, 1.54) is 0 Å². The normalized spacial score (nSPS) is 27.3. The van der Waals surface area contributed by atoms with Crippen LogP contribution in [0.2, 0.25) is 0 Å². The molecule has 2 bridgehead atoms. The lowest BCUT2D eigenvalue weighted by Crippen LogP contribution is -2.50. The summed E-state index contributed by atoms with van der Waals surface area (Å²) < 4.78 is 32.8. The Morgan fingerprint density at radius 2 is 1.92 bits per heavy atom. The molecular weight excluding hydrogens is 354 g/mol. The molecule has 26 heavy (non-hydrogen) atoms. The van der Waals surface area contributed by atoms with Crippen molar-refractivity contribution in [1.29, 1.82) is 0 Å². The fourth-order valence-electron chi connectivity index (χ4n) is 4.23. The van der Waals surface area contributed by atoms with Crippen molar-refractivity contribution in [3.05, 3.63) is 29.3 Å². The van der Waals surface area contributed by atoms with Gasteiger partial charge in [0.2, 0.25) is 15.9 Å². The number of likely N-dealkylation sites (N-methyl/N-ethyl adjacent to an activating group) is 1. The van der Waals surface area contributed by atoms with E-state index in [0.717, 1.165) is 36.8 Å². The number of amides is 1. The molecule has 1 aromatic rings. The van der Waals surface area contributed by atoms with Gasteiger partial charge in [-0.25, -0.2) is 13.1 Å². The first-order valence-corrected chi connectivity index (χ1v) is 10.6. The van der Waals surface area contributed by atoms with Crippen molar-refractivity contribution in [2.24, 2.45) is 0 Å². The Morgan fingerprint density at radius 3 is 2.65 bits per heavy atom. The summed E-state index contributed by atoms with van der Waals surface area (Å²) >= 11 is 0. The molecule has 142 valence electrons. The molecule has 3 heterocycles. The molecule has 7 nitrogen and oxygen atoms in total. The van der Waals surface area contributed by atoms with Crippen LogP contribution in [0.3, 0.4) is 0 Å². The molecule has 1 aromatic carbocycles. The Hall–Kier alpha value is -1.48. The molecule has 0 spiro atoms. The number of nitrogens with zero attached hydrogens (tertiary/aromatic N) is 1. The van der Waals surface area contributed by atoms with Crippen LogP contribution in [0, 0.1) is 0 Å². The SMILES string of the molecule is CN(C(=O)CNS(=O)(=O)c1ccc2c(c1)COC2)C1CC2CCC(C1)N2. The summed E-state index contributed by atoms with van der Waals surface area (Å²) in [6.45, 7) is 0.731. The van der Waals surface area contributed by atoms with E-state index in [9.17, 15) is 13.2 Å². The summed E-state index contributed by atoms with van der Waals surface area (Å²) in [4.78, 5) is 14.4. The highest BCUT2D eigenvalue weighted by atomic mass is 32.2. The third kappa shape index (κ3) is 3.51. The van der Waals surface area contributed by atoms with E-state index < -0.39 is 10.0 Å². The van der Waals surface area contributed by atoms with Gasteiger partial charge in [-0.1, -0.05) is 6.07 Å². The number of nitrogens with one attached hydrogen (secondary N) is 2. The summed E-state index contributed by atoms with van der Waals surface area (Å²) in [6.07, 6.45) is 4.21. The second-order valence-corrected chi connectivity index (χ2v) is 9.28. The number of piperidine rings is 1. The molecule has 2 unspecified atom stereocenters. The van der Waals surface area contributed by atoms with Crippen LogP contribution in [0.15, 0.2) is 23.1 Å². The van der Waals surface area contributed by atoms with Gasteiger partial charge in [-0.05, 0) is 48.9 Å². The van der Waals surface area contributed by atoms with Gasteiger partial charge in [0.15, 0.2) is 0 Å². The fraction of sp³-hybridized carbons (Fsp3) is 0.611. The zero-order chi connectivity index (χ0) is 18.3. The van der Waals surface area contributed by atoms with Crippen molar-refractivity contribution < 1.29 is 17.9 Å². The Bertz CT molecular complexity index is 799. The number of rotatable bonds is 5. The minimum absolute atomic E-state index is 0.178. The van der Waals surface area contributed by atoms with E-state index in [4.69, 9.17) is 4.74 Å². The van der Waals surface area contributed by atoms with Crippen molar-refractivity contribution in [1.82, 2.24) is 14.9 Å². The Labute approximate surface area is 154 Å². The van der Waals surface area contributed by atoms with E-state index in [1.807, 2.05) is 0 Å². The predicted molar refractivity (Wildman–Crippen MR) is 95.9 cm³/mol. The van der Waals surface area contributed by atoms with Crippen LogP contribution in [-0.4, -0.2) is 50.9 Å². The van der Waals surface area contributed by atoms with Crippen LogP contribution in [0.1, 0.15) is 36.8 Å². The number of carbonyl (C=O) groups excluding carboxylic acids is 1. The smallest absolute Gasteiger partial charge is 0.241 e. The zero-order valence-corrected chi connectivity index (χ0v) is 15.7. The van der Waals surface area contributed by atoms with Crippen LogP contribution < -0.4 is 10.0 Å². The van der Waals surface area contributed by atoms with E-state index in [0.29, 0.717) is 25.3 Å². The molecule has 3 aliphatic heterocycles. The van der Waals surface area contributed by atoms with Crippen LogP contribution in [0.5, 0.6) is 0 Å². The van der Waals surface area contributed by atoms with E-state index >= 15 is 0 Å². The molecule has 0 saturated carbocycles. The van der Waals surface area contributed by atoms with Crippen molar-refractivity contribution in [3.63, 3.8) is 0 Å². The summed E-state index contributed by atoms with van der Waals surface area (Å²) in [5, 5.41) is 3.55. The lowest BCUT2D eigenvalue weighted by Gasteiger charge is -2.35. The first-order valence-electron chi connectivity index (χ1n) is 9.13. The maximum atomic E-state index is 12.5. The van der Waals surface area contributed by atoms with Gasteiger partial charge < -0.3 is 15.0 Å². The van der Waals surface area contributed by atoms with Crippen molar-refractivity contribution in [2.75, 3.05) is 13.6 Å². The van der Waals surface area contributed by atoms with Gasteiger partial charge in [0.05, 0.1) is 24.7 Å². The molecule has 2 saturated heterocycles. The largest absolute Gasteiger partial charge is 0.372 e. The monoisotopic (exact) mass is 379 g/mol. The maximum Gasteiger partial charge on any atom is 0.241 e. The number of fused-ring (bicyclic) bond motifs is 3. The highest BCUT2D eigenvalue weighted by Crippen LogP contribution is 2.29. The van der Waals surface area contributed by atoms with Gasteiger partial charge in [-0.15, -0.1) is 0 Å². The first kappa shape index (κ1) is 17.9. The lowest BCUT2D eigenvalue weighted by molar-refractivity contribution is -0.131. The Kier molecular flexibility index (Phi) is 4.77. The maximum absolute atomic E-state index is 12.5. The molecule has 0 radical (unpaired) electrons. The van der Waals surface area contributed by atoms with Gasteiger partial charge in [0.25, 0.3) is 0 Å². The summed E-state index contributed by atoms with van der Waals surface area (Å²) in [6, 6.07) is 6.12. The van der Waals surface area contributed by atoms with Crippen LogP contribution in [0.4, 0.5) is 0 Å². The molecule has 2 atom stereocenters. The van der Waals surface area contributed by atoms with E-state index in [1.54, 1.807) is 30.1 Å². The van der Waals surface area contributed by atoms with Crippen molar-refractivity contribution >= 4 is 15.9 Å². The highest BCUT2D eigenvalue weighted by Gasteiger charge is 2.36. The number of hydrogen-bond donors (Lipinski definition) is 2. The number of hydrogen-bond acceptors (Lipinski definition) is 5. The van der Waals surface area contributed by atoms with Gasteiger partial charge in [0.1, 0.15) is 0 Å². The minimum Gasteiger partial charge on any atom is -0.372 e. The molecule has 0 aromatic heterocycles. The Balaban J connectivity index is 1.37. The molecular formula is C18H25N3O4S. The fourth-order valence-corrected chi connectivity index (χ4v) is 5.25. The molecule has 1 amide bonds. The van der Waals surface area contributed by atoms with Gasteiger partial charge in [-0.2, -0.15) is 0 Å². The average molecular weight is 379 g/mol. The van der Waals surface area contributed by atoms with Gasteiger partial charge in [-0.3, -0.25) is 4.79 Å². The van der Waals surface area contributed by atoms with E-state index in [-0.39, 0.29) is 23.4 Å². The quantitative estimate of drug-likeness (QED) is 0.788. The van der Waals surface area contributed by atoms with Gasteiger partial charge >= 0.3 is 0 Å². The summed E-state index contributed by atoms with van der Waals surface area (Å²) in [5.74, 6) is -0.190. The predicted octanol–water partition coefficient (Wildman–Crippen LogP) is 0.737. The topological polar surface area (TPSA) is 87.7 Å². The van der Waals surface area contributed by atoms with E-state index in [2.05, 4.69) is 10.0 Å². The third-order valence-corrected chi connectivity index (χ3v) is 7.20. The highest BCUT2D eigenvalue weighted by molar-refractivity contribution is 7.89. The summed E-state index contributed by atoms with van der Waals surface area (Å²) in [5.41, 5.74) is 1.90. The zero-order valence-electron chi connectivity index (χ0n) is 14.9. The molecule has 0 aliphatic carbocycles. The summed E-state index contributed by atoms with van der Waals surface area (Å²) in [7, 11) is -1.94. The molecule has 2 fully saturated rings. The number of sulfonamides is 1. The standard InChI is InChI=1S/C18H25N3O4S/c1-21(16-7-14-3-4-15(8-16)20-14)18(22)9-19-26(23,24)17-5-2-12-10-25-11-13(12)6-17/h2,5-6,14-16,19-20H,3-4,7-11H2,1H3. The number of ether oxygens (including phenoxy) is 1. The molecule has 4 rings (SSSR count). The number of carbonyl (C=O) groups is 1. The lowest BCUT2D eigenvalue weighted by atomic mass is 9.98. The van der Waals surface area contributed by atoms with Crippen molar-refractivity contribution in [2.45, 2.75) is 61.9 Å².